The van der Waals surface area contributed by atoms with Gasteiger partial charge in [0, 0.05) is 37.0 Å². The van der Waals surface area contributed by atoms with Gasteiger partial charge in [-0.1, -0.05) is 48.5 Å². The summed E-state index contributed by atoms with van der Waals surface area (Å²) < 4.78 is 54.2. The number of carbonyl (C=O) groups excluding carboxylic acids is 2. The molecule has 0 fully saturated rings. The van der Waals surface area contributed by atoms with E-state index in [-0.39, 0.29) is 49.5 Å². The van der Waals surface area contributed by atoms with E-state index in [1.165, 1.54) is 23.1 Å². The summed E-state index contributed by atoms with van der Waals surface area (Å²) in [5.41, 5.74) is 0.777. The van der Waals surface area contributed by atoms with Crippen molar-refractivity contribution in [2.24, 2.45) is 0 Å². The molecule has 3 aromatic rings. The summed E-state index contributed by atoms with van der Waals surface area (Å²) in [4.78, 5) is 28.7. The van der Waals surface area contributed by atoms with Crippen LogP contribution >= 0.6 is 0 Å². The third-order valence-electron chi connectivity index (χ3n) is 6.33. The first kappa shape index (κ1) is 31.7. The van der Waals surface area contributed by atoms with Crippen molar-refractivity contribution in [3.8, 4) is 0 Å². The molecule has 7 nitrogen and oxygen atoms in total. The minimum absolute atomic E-state index is 0.0404. The Morgan fingerprint density at radius 2 is 1.51 bits per heavy atom. The molecule has 0 unspecified atom stereocenters. The normalized spacial score (nSPS) is 12.4. The first-order chi connectivity index (χ1) is 19.2. The van der Waals surface area contributed by atoms with E-state index in [1.807, 2.05) is 51.1 Å². The van der Waals surface area contributed by atoms with Crippen molar-refractivity contribution in [3.05, 3.63) is 102 Å². The average Bonchev–Trinajstić information content (AvgIpc) is 2.89. The number of carbonyl (C=O) groups is 2. The van der Waals surface area contributed by atoms with Gasteiger partial charge >= 0.3 is 0 Å². The van der Waals surface area contributed by atoms with Gasteiger partial charge in [0.15, 0.2) is 0 Å². The smallest absolute Gasteiger partial charge is 0.243 e. The van der Waals surface area contributed by atoms with E-state index in [9.17, 15) is 26.8 Å². The molecule has 0 saturated heterocycles. The Bertz CT molecular complexity index is 1430. The lowest BCUT2D eigenvalue weighted by atomic mass is 10.00. The number of halogens is 2. The molecule has 0 heterocycles. The summed E-state index contributed by atoms with van der Waals surface area (Å²) >= 11 is 0. The van der Waals surface area contributed by atoms with Gasteiger partial charge in [-0.25, -0.2) is 17.2 Å². The fourth-order valence-electron chi connectivity index (χ4n) is 4.43. The minimum Gasteiger partial charge on any atom is -0.350 e. The van der Waals surface area contributed by atoms with Crippen LogP contribution in [-0.4, -0.2) is 49.5 Å². The first-order valence-corrected chi connectivity index (χ1v) is 15.2. The Balaban J connectivity index is 1.91. The average molecular weight is 586 g/mol. The molecule has 0 saturated carbocycles. The number of hydrogen-bond donors (Lipinski definition) is 1. The molecular weight excluding hydrogens is 548 g/mol. The molecule has 0 aliphatic rings. The minimum atomic E-state index is -3.72. The van der Waals surface area contributed by atoms with Gasteiger partial charge in [0.25, 0.3) is 0 Å². The lowest BCUT2D eigenvalue weighted by molar-refractivity contribution is -0.142. The summed E-state index contributed by atoms with van der Waals surface area (Å²) in [6.45, 7) is 5.32. The molecule has 1 atom stereocenters. The van der Waals surface area contributed by atoms with Crippen molar-refractivity contribution in [2.75, 3.05) is 17.1 Å². The van der Waals surface area contributed by atoms with Gasteiger partial charge in [0.2, 0.25) is 21.8 Å². The van der Waals surface area contributed by atoms with Gasteiger partial charge in [-0.15, -0.1) is 0 Å². The maximum atomic E-state index is 14.7. The van der Waals surface area contributed by atoms with E-state index in [0.29, 0.717) is 0 Å². The quantitative estimate of drug-likeness (QED) is 0.322. The van der Waals surface area contributed by atoms with Gasteiger partial charge in [-0.3, -0.25) is 13.9 Å². The van der Waals surface area contributed by atoms with Crippen molar-refractivity contribution in [2.45, 2.75) is 58.2 Å². The highest BCUT2D eigenvalue weighted by molar-refractivity contribution is 7.92. The predicted molar refractivity (Wildman–Crippen MR) is 157 cm³/mol. The number of anilines is 1. The number of rotatable bonds is 12. The Hall–Kier alpha value is -3.79. The lowest BCUT2D eigenvalue weighted by Gasteiger charge is -2.34. The van der Waals surface area contributed by atoms with Crippen molar-refractivity contribution < 1.29 is 26.8 Å². The van der Waals surface area contributed by atoms with E-state index in [4.69, 9.17) is 0 Å². The molecule has 10 heteroatoms. The molecular formula is C31H37F2N3O4S. The van der Waals surface area contributed by atoms with Crippen LogP contribution in [0.3, 0.4) is 0 Å². The van der Waals surface area contributed by atoms with Crippen LogP contribution in [0.2, 0.25) is 0 Å². The SMILES string of the molecule is CC(C)(C)NC(=O)[C@@H](Cc1ccccc1)N(Cc1ccccc1F)C(=O)CCCN(c1ccc(F)cc1)S(C)(=O)=O. The molecule has 2 amide bonds. The first-order valence-electron chi connectivity index (χ1n) is 13.4. The lowest BCUT2D eigenvalue weighted by Crippen LogP contribution is -2.54. The van der Waals surface area contributed by atoms with Crippen LogP contribution in [0.5, 0.6) is 0 Å². The molecule has 0 aliphatic heterocycles. The monoisotopic (exact) mass is 585 g/mol. The molecule has 3 aromatic carbocycles. The highest BCUT2D eigenvalue weighted by Gasteiger charge is 2.32. The fraction of sp³-hybridized carbons (Fsp3) is 0.355. The standard InChI is InChI=1S/C31H37F2N3O4S/c1-31(2,3)34-30(38)28(21-23-11-6-5-7-12-23)35(22-24-13-8-9-14-27(24)33)29(37)15-10-20-36(41(4,39)40)26-18-16-25(32)17-19-26/h5-9,11-14,16-19,28H,10,15,20-22H2,1-4H3,(H,34,38)/t28-/m1/s1. The Morgan fingerprint density at radius 3 is 2.10 bits per heavy atom. The van der Waals surface area contributed by atoms with E-state index < -0.39 is 39.1 Å². The molecule has 0 aromatic heterocycles. The highest BCUT2D eigenvalue weighted by Crippen LogP contribution is 2.21. The van der Waals surface area contributed by atoms with Crippen LogP contribution < -0.4 is 9.62 Å². The molecule has 0 spiro atoms. The predicted octanol–water partition coefficient (Wildman–Crippen LogP) is 5.07. The zero-order valence-electron chi connectivity index (χ0n) is 23.8. The van der Waals surface area contributed by atoms with Crippen LogP contribution in [0.1, 0.15) is 44.7 Å². The van der Waals surface area contributed by atoms with Gasteiger partial charge in [-0.2, -0.15) is 0 Å². The molecule has 220 valence electrons. The van der Waals surface area contributed by atoms with Crippen molar-refractivity contribution >= 4 is 27.5 Å². The molecule has 0 bridgehead atoms. The summed E-state index contributed by atoms with van der Waals surface area (Å²) in [6, 6.07) is 19.4. The maximum Gasteiger partial charge on any atom is 0.243 e. The molecule has 0 radical (unpaired) electrons. The second-order valence-electron chi connectivity index (χ2n) is 11.0. The van der Waals surface area contributed by atoms with Crippen LogP contribution in [-0.2, 0) is 32.6 Å². The Labute approximate surface area is 241 Å². The molecule has 0 aliphatic carbocycles. The van der Waals surface area contributed by atoms with Crippen LogP contribution in [0.4, 0.5) is 14.5 Å². The summed E-state index contributed by atoms with van der Waals surface area (Å²) in [5.74, 6) is -1.81. The number of amides is 2. The maximum absolute atomic E-state index is 14.7. The number of benzene rings is 3. The third-order valence-corrected chi connectivity index (χ3v) is 7.53. The van der Waals surface area contributed by atoms with Gasteiger partial charge in [0.05, 0.1) is 11.9 Å². The van der Waals surface area contributed by atoms with Crippen LogP contribution in [0.15, 0.2) is 78.9 Å². The van der Waals surface area contributed by atoms with E-state index in [2.05, 4.69) is 5.32 Å². The third kappa shape index (κ3) is 9.67. The highest BCUT2D eigenvalue weighted by atomic mass is 32.2. The van der Waals surface area contributed by atoms with Gasteiger partial charge in [0.1, 0.15) is 17.7 Å². The van der Waals surface area contributed by atoms with Gasteiger partial charge < -0.3 is 10.2 Å². The second kappa shape index (κ2) is 13.7. The Morgan fingerprint density at radius 1 is 0.902 bits per heavy atom. The summed E-state index contributed by atoms with van der Waals surface area (Å²) in [5, 5.41) is 2.95. The molecule has 3 rings (SSSR count). The van der Waals surface area contributed by atoms with Crippen molar-refractivity contribution in [1.29, 1.82) is 0 Å². The van der Waals surface area contributed by atoms with Crippen LogP contribution in [0, 0.1) is 11.6 Å². The largest absolute Gasteiger partial charge is 0.350 e. The fourth-order valence-corrected chi connectivity index (χ4v) is 5.39. The summed E-state index contributed by atoms with van der Waals surface area (Å²) in [6.07, 6.45) is 1.26. The zero-order chi connectivity index (χ0) is 30.2. The number of sulfonamides is 1. The van der Waals surface area contributed by atoms with Gasteiger partial charge in [-0.05, 0) is 63.1 Å². The summed E-state index contributed by atoms with van der Waals surface area (Å²) in [7, 11) is -3.72. The molecule has 1 N–H and O–H groups in total. The number of hydrogen-bond acceptors (Lipinski definition) is 4. The van der Waals surface area contributed by atoms with Crippen molar-refractivity contribution in [3.63, 3.8) is 0 Å². The number of nitrogens with zero attached hydrogens (tertiary/aromatic N) is 2. The number of nitrogens with one attached hydrogen (secondary N) is 1. The van der Waals surface area contributed by atoms with E-state index in [0.717, 1.165) is 28.3 Å². The van der Waals surface area contributed by atoms with E-state index >= 15 is 0 Å². The Kier molecular flexibility index (Phi) is 10.6. The zero-order valence-corrected chi connectivity index (χ0v) is 24.6. The van der Waals surface area contributed by atoms with E-state index in [1.54, 1.807) is 18.2 Å². The molecule has 41 heavy (non-hydrogen) atoms. The van der Waals surface area contributed by atoms with Crippen LogP contribution in [0.25, 0.3) is 0 Å². The van der Waals surface area contributed by atoms with Crippen molar-refractivity contribution in [1.82, 2.24) is 10.2 Å². The second-order valence-corrected chi connectivity index (χ2v) is 12.9. The topological polar surface area (TPSA) is 86.8 Å².